The van der Waals surface area contributed by atoms with Crippen LogP contribution in [-0.4, -0.2) is 15.2 Å². The van der Waals surface area contributed by atoms with Crippen molar-refractivity contribution in [2.75, 3.05) is 5.73 Å². The molecule has 0 unspecified atom stereocenters. The quantitative estimate of drug-likeness (QED) is 0.579. The number of hydrogen-bond donors (Lipinski definition) is 3. The van der Waals surface area contributed by atoms with Gasteiger partial charge in [-0.3, -0.25) is 5.10 Å². The van der Waals surface area contributed by atoms with Gasteiger partial charge in [0, 0.05) is 22.7 Å². The van der Waals surface area contributed by atoms with Crippen molar-refractivity contribution in [3.8, 4) is 11.3 Å². The first-order valence-corrected chi connectivity index (χ1v) is 5.12. The molecule has 2 aromatic heterocycles. The summed E-state index contributed by atoms with van der Waals surface area (Å²) < 4.78 is 0. The summed E-state index contributed by atoms with van der Waals surface area (Å²) in [5.74, 6) is 0. The monoisotopic (exact) mass is 212 g/mol. The fourth-order valence-electron chi connectivity index (χ4n) is 1.95. The molecule has 4 nitrogen and oxygen atoms in total. The van der Waals surface area contributed by atoms with Crippen LogP contribution in [0.2, 0.25) is 0 Å². The van der Waals surface area contributed by atoms with E-state index in [0.717, 1.165) is 22.2 Å². The molecular weight excluding hydrogens is 200 g/mol. The van der Waals surface area contributed by atoms with Gasteiger partial charge in [-0.25, -0.2) is 0 Å². The lowest BCUT2D eigenvalue weighted by Crippen LogP contribution is -1.85. The number of nitrogens with two attached hydrogens (primary N) is 1. The minimum absolute atomic E-state index is 0.669. The predicted molar refractivity (Wildman–Crippen MR) is 65.0 cm³/mol. The molecule has 80 valence electrons. The zero-order chi connectivity index (χ0) is 11.1. The average molecular weight is 212 g/mol. The summed E-state index contributed by atoms with van der Waals surface area (Å²) in [6.07, 6.45) is 3.58. The molecule has 0 saturated carbocycles. The van der Waals surface area contributed by atoms with Crippen LogP contribution in [0, 0.1) is 6.92 Å². The molecule has 3 rings (SSSR count). The fourth-order valence-corrected chi connectivity index (χ4v) is 1.95. The zero-order valence-corrected chi connectivity index (χ0v) is 8.91. The number of benzene rings is 1. The number of H-pyrrole nitrogens is 2. The van der Waals surface area contributed by atoms with Crippen molar-refractivity contribution in [3.63, 3.8) is 0 Å². The molecule has 0 aliphatic rings. The first kappa shape index (κ1) is 9.03. The fraction of sp³-hybridized carbons (Fsp3) is 0.0833. The minimum Gasteiger partial charge on any atom is -0.396 e. The Labute approximate surface area is 92.5 Å². The van der Waals surface area contributed by atoms with Crippen LogP contribution in [0.4, 0.5) is 5.69 Å². The van der Waals surface area contributed by atoms with Gasteiger partial charge in [0.15, 0.2) is 0 Å². The topological polar surface area (TPSA) is 70.5 Å². The molecule has 1 aromatic carbocycles. The highest BCUT2D eigenvalue weighted by atomic mass is 15.1. The van der Waals surface area contributed by atoms with Crippen molar-refractivity contribution < 1.29 is 0 Å². The maximum atomic E-state index is 5.85. The van der Waals surface area contributed by atoms with Crippen LogP contribution in [0.5, 0.6) is 0 Å². The van der Waals surface area contributed by atoms with Crippen molar-refractivity contribution in [2.45, 2.75) is 6.92 Å². The van der Waals surface area contributed by atoms with Gasteiger partial charge in [-0.2, -0.15) is 5.10 Å². The molecule has 0 spiro atoms. The highest BCUT2D eigenvalue weighted by molar-refractivity contribution is 5.97. The number of aryl methyl sites for hydroxylation is 1. The normalized spacial score (nSPS) is 11.1. The molecule has 0 radical (unpaired) electrons. The average Bonchev–Trinajstić information content (AvgIpc) is 2.83. The molecule has 0 aliphatic heterocycles. The van der Waals surface area contributed by atoms with Gasteiger partial charge in [0.05, 0.1) is 17.6 Å². The maximum Gasteiger partial charge on any atom is 0.0901 e. The van der Waals surface area contributed by atoms with E-state index in [0.29, 0.717) is 5.69 Å². The second-order valence-corrected chi connectivity index (χ2v) is 3.95. The third-order valence-corrected chi connectivity index (χ3v) is 2.78. The van der Waals surface area contributed by atoms with Gasteiger partial charge in [0.2, 0.25) is 0 Å². The Morgan fingerprint density at radius 3 is 2.94 bits per heavy atom. The number of nitrogens with one attached hydrogen (secondary N) is 2. The third-order valence-electron chi connectivity index (χ3n) is 2.78. The summed E-state index contributed by atoms with van der Waals surface area (Å²) >= 11 is 0. The lowest BCUT2D eigenvalue weighted by atomic mass is 10.1. The standard InChI is InChI=1S/C12H12N4/c1-7-2-3-11-8(4-7)9(5-14-11)12-10(13)6-15-16-12/h2-6,14H,13H2,1H3,(H,15,16). The van der Waals surface area contributed by atoms with Crippen molar-refractivity contribution in [2.24, 2.45) is 0 Å². The zero-order valence-electron chi connectivity index (χ0n) is 8.91. The lowest BCUT2D eigenvalue weighted by Gasteiger charge is -1.98. The number of rotatable bonds is 1. The van der Waals surface area contributed by atoms with Crippen LogP contribution < -0.4 is 5.73 Å². The SMILES string of the molecule is Cc1ccc2[nH]cc(-c3[nH]ncc3N)c2c1. The van der Waals surface area contributed by atoms with Crippen molar-refractivity contribution in [3.05, 3.63) is 36.2 Å². The third kappa shape index (κ3) is 1.20. The molecule has 4 heteroatoms. The summed E-state index contributed by atoms with van der Waals surface area (Å²) in [5, 5.41) is 8.03. The summed E-state index contributed by atoms with van der Waals surface area (Å²) in [5.41, 5.74) is 10.8. The van der Waals surface area contributed by atoms with Crippen molar-refractivity contribution >= 4 is 16.6 Å². The maximum absolute atomic E-state index is 5.85. The Kier molecular flexibility index (Phi) is 1.77. The second-order valence-electron chi connectivity index (χ2n) is 3.95. The first-order chi connectivity index (χ1) is 7.75. The van der Waals surface area contributed by atoms with Crippen LogP contribution in [0.25, 0.3) is 22.2 Å². The number of fused-ring (bicyclic) bond motifs is 1. The van der Waals surface area contributed by atoms with E-state index in [4.69, 9.17) is 5.73 Å². The van der Waals surface area contributed by atoms with Crippen molar-refractivity contribution in [1.29, 1.82) is 0 Å². The van der Waals surface area contributed by atoms with Gasteiger partial charge >= 0.3 is 0 Å². The van der Waals surface area contributed by atoms with Crippen LogP contribution >= 0.6 is 0 Å². The van der Waals surface area contributed by atoms with E-state index >= 15 is 0 Å². The summed E-state index contributed by atoms with van der Waals surface area (Å²) in [6.45, 7) is 2.08. The van der Waals surface area contributed by atoms with E-state index < -0.39 is 0 Å². The smallest absolute Gasteiger partial charge is 0.0901 e. The van der Waals surface area contributed by atoms with E-state index in [1.807, 2.05) is 6.20 Å². The largest absolute Gasteiger partial charge is 0.396 e. The van der Waals surface area contributed by atoms with Crippen LogP contribution in [0.15, 0.2) is 30.6 Å². The number of anilines is 1. The molecule has 4 N–H and O–H groups in total. The highest BCUT2D eigenvalue weighted by Crippen LogP contribution is 2.30. The number of hydrogen-bond acceptors (Lipinski definition) is 2. The van der Waals surface area contributed by atoms with E-state index in [1.54, 1.807) is 6.20 Å². The Balaban J connectivity index is 2.32. The molecule has 0 aliphatic carbocycles. The summed E-state index contributed by atoms with van der Waals surface area (Å²) in [6, 6.07) is 6.29. The molecule has 3 aromatic rings. The van der Waals surface area contributed by atoms with E-state index in [2.05, 4.69) is 40.3 Å². The first-order valence-electron chi connectivity index (χ1n) is 5.12. The lowest BCUT2D eigenvalue weighted by molar-refractivity contribution is 1.10. The summed E-state index contributed by atoms with van der Waals surface area (Å²) in [7, 11) is 0. The van der Waals surface area contributed by atoms with Gasteiger partial charge in [0.25, 0.3) is 0 Å². The van der Waals surface area contributed by atoms with E-state index in [1.165, 1.54) is 5.56 Å². The van der Waals surface area contributed by atoms with Gasteiger partial charge in [-0.15, -0.1) is 0 Å². The van der Waals surface area contributed by atoms with E-state index in [-0.39, 0.29) is 0 Å². The van der Waals surface area contributed by atoms with Gasteiger partial charge in [-0.05, 0) is 19.1 Å². The molecule has 0 fully saturated rings. The molecule has 0 atom stereocenters. The second kappa shape index (κ2) is 3.13. The Hall–Kier alpha value is -2.23. The van der Waals surface area contributed by atoms with Gasteiger partial charge < -0.3 is 10.7 Å². The van der Waals surface area contributed by atoms with E-state index in [9.17, 15) is 0 Å². The highest BCUT2D eigenvalue weighted by Gasteiger charge is 2.10. The number of nitrogens with zero attached hydrogens (tertiary/aromatic N) is 1. The van der Waals surface area contributed by atoms with Crippen LogP contribution in [0.3, 0.4) is 0 Å². The number of nitrogen functional groups attached to an aromatic ring is 1. The van der Waals surface area contributed by atoms with Gasteiger partial charge in [0.1, 0.15) is 0 Å². The summed E-state index contributed by atoms with van der Waals surface area (Å²) in [4.78, 5) is 3.23. The molecular formula is C12H12N4. The molecule has 0 bridgehead atoms. The predicted octanol–water partition coefficient (Wildman–Crippen LogP) is 2.45. The Morgan fingerprint density at radius 1 is 1.31 bits per heavy atom. The van der Waals surface area contributed by atoms with Crippen LogP contribution in [0.1, 0.15) is 5.56 Å². The minimum atomic E-state index is 0.669. The molecule has 0 saturated heterocycles. The van der Waals surface area contributed by atoms with Crippen LogP contribution in [-0.2, 0) is 0 Å². The number of aromatic amines is 2. The molecule has 0 amide bonds. The molecule has 2 heterocycles. The number of aromatic nitrogens is 3. The Bertz CT molecular complexity index is 648. The Morgan fingerprint density at radius 2 is 2.19 bits per heavy atom. The van der Waals surface area contributed by atoms with Gasteiger partial charge in [-0.1, -0.05) is 11.6 Å². The molecule has 16 heavy (non-hydrogen) atoms. The van der Waals surface area contributed by atoms with Crippen molar-refractivity contribution in [1.82, 2.24) is 15.2 Å².